The van der Waals surface area contributed by atoms with Crippen LogP contribution in [0.5, 0.6) is 0 Å². The fourth-order valence-corrected chi connectivity index (χ4v) is 4.02. The minimum atomic E-state index is -0.104. The molecule has 0 aliphatic heterocycles. The summed E-state index contributed by atoms with van der Waals surface area (Å²) in [5.41, 5.74) is 1.14. The predicted octanol–water partition coefficient (Wildman–Crippen LogP) is 11.3. The fraction of sp³-hybridized carbons (Fsp3) is 0.800. The Morgan fingerprint density at radius 1 is 0.839 bits per heavy atom. The van der Waals surface area contributed by atoms with Crippen molar-refractivity contribution in [2.45, 2.75) is 140 Å². The Balaban J connectivity index is -0.000000765. The third-order valence-corrected chi connectivity index (χ3v) is 5.58. The van der Waals surface area contributed by atoms with Crippen molar-refractivity contribution in [1.82, 2.24) is 0 Å². The average Bonchev–Trinajstić information content (AvgIpc) is 2.82. The van der Waals surface area contributed by atoms with Crippen molar-refractivity contribution in [3.05, 3.63) is 35.6 Å². The van der Waals surface area contributed by atoms with Gasteiger partial charge >= 0.3 is 0 Å². The Kier molecular flexibility index (Phi) is 30.5. The molecule has 186 valence electrons. The third kappa shape index (κ3) is 20.8. The van der Waals surface area contributed by atoms with E-state index in [0.29, 0.717) is 5.92 Å². The first-order chi connectivity index (χ1) is 15.1. The molecule has 2 rings (SSSR count). The Hall–Kier alpha value is -0.850. The van der Waals surface area contributed by atoms with Crippen molar-refractivity contribution >= 4 is 0 Å². The smallest absolute Gasteiger partial charge is 0.123 e. The van der Waals surface area contributed by atoms with Crippen LogP contribution in [0, 0.1) is 23.6 Å². The Bertz CT molecular complexity index is 432. The molecule has 0 radical (unpaired) electrons. The van der Waals surface area contributed by atoms with E-state index in [1.165, 1.54) is 70.3 Å². The van der Waals surface area contributed by atoms with Gasteiger partial charge in [-0.2, -0.15) is 0 Å². The van der Waals surface area contributed by atoms with Crippen molar-refractivity contribution in [1.29, 1.82) is 0 Å². The normalized spacial score (nSPS) is 17.8. The van der Waals surface area contributed by atoms with Gasteiger partial charge in [-0.25, -0.2) is 4.39 Å². The molecule has 1 aliphatic rings. The van der Waals surface area contributed by atoms with Crippen LogP contribution in [0.2, 0.25) is 0 Å². The van der Waals surface area contributed by atoms with Crippen LogP contribution in [0.25, 0.3) is 0 Å². The monoisotopic (exact) mass is 438 g/mol. The summed E-state index contributed by atoms with van der Waals surface area (Å²) in [6, 6.07) is 7.08. The average molecular weight is 439 g/mol. The third-order valence-electron chi connectivity index (χ3n) is 5.58. The number of benzene rings is 1. The zero-order valence-corrected chi connectivity index (χ0v) is 23.2. The van der Waals surface area contributed by atoms with Crippen molar-refractivity contribution in [2.24, 2.45) is 17.8 Å². The van der Waals surface area contributed by atoms with Crippen molar-refractivity contribution in [2.75, 3.05) is 0 Å². The molecule has 1 aliphatic carbocycles. The van der Waals surface area contributed by atoms with E-state index in [1.54, 1.807) is 6.07 Å². The molecule has 1 fully saturated rings. The first-order valence-electron chi connectivity index (χ1n) is 13.8. The number of rotatable bonds is 8. The lowest BCUT2D eigenvalue weighted by molar-refractivity contribution is 0.252. The van der Waals surface area contributed by atoms with Crippen LogP contribution >= 0.6 is 0 Å². The maximum atomic E-state index is 13.2. The van der Waals surface area contributed by atoms with E-state index >= 15 is 0 Å². The highest BCUT2D eigenvalue weighted by Gasteiger charge is 2.19. The lowest BCUT2D eigenvalue weighted by Crippen LogP contribution is -2.13. The van der Waals surface area contributed by atoms with Crippen LogP contribution < -0.4 is 0 Å². The van der Waals surface area contributed by atoms with Crippen LogP contribution in [0.3, 0.4) is 0 Å². The van der Waals surface area contributed by atoms with E-state index in [1.807, 2.05) is 53.7 Å². The second-order valence-corrected chi connectivity index (χ2v) is 8.23. The second-order valence-electron chi connectivity index (χ2n) is 8.23. The van der Waals surface area contributed by atoms with Crippen molar-refractivity contribution < 1.29 is 4.39 Å². The fourth-order valence-electron chi connectivity index (χ4n) is 4.02. The first-order valence-corrected chi connectivity index (χ1v) is 13.8. The summed E-state index contributed by atoms with van der Waals surface area (Å²) in [5.74, 6) is 2.58. The van der Waals surface area contributed by atoms with Gasteiger partial charge in [-0.3, -0.25) is 0 Å². The van der Waals surface area contributed by atoms with Crippen LogP contribution in [0.1, 0.15) is 139 Å². The predicted molar refractivity (Wildman–Crippen MR) is 143 cm³/mol. The minimum Gasteiger partial charge on any atom is -0.207 e. The minimum absolute atomic E-state index is 0.104. The molecule has 1 aromatic carbocycles. The lowest BCUT2D eigenvalue weighted by atomic mass is 9.78. The summed E-state index contributed by atoms with van der Waals surface area (Å²) in [7, 11) is 0. The molecule has 0 saturated heterocycles. The standard InChI is InChI=1S/C21H33F.C3H8.3C2H6/c1-3-18-11-13-19(14-12-18)8-5-4-7-17(2)15-20-9-6-10-21(22)16-20;1-3-2;3*1-2/h6,9-10,16-19H,3-5,7-8,11-15H2,1-2H3;3H2,1-2H3;3*1-2H3. The van der Waals surface area contributed by atoms with Gasteiger partial charge in [-0.05, 0) is 41.9 Å². The Labute approximate surface area is 197 Å². The molecule has 1 heteroatoms. The topological polar surface area (TPSA) is 0 Å². The summed E-state index contributed by atoms with van der Waals surface area (Å²) >= 11 is 0. The molecule has 1 saturated carbocycles. The summed E-state index contributed by atoms with van der Waals surface area (Å²) in [6.45, 7) is 20.9. The molecular weight excluding hydrogens is 379 g/mol. The van der Waals surface area contributed by atoms with Gasteiger partial charge in [0.25, 0.3) is 0 Å². The molecule has 0 nitrogen and oxygen atoms in total. The first kappa shape index (κ1) is 34.8. The highest BCUT2D eigenvalue weighted by atomic mass is 19.1. The van der Waals surface area contributed by atoms with Gasteiger partial charge in [0.1, 0.15) is 5.82 Å². The van der Waals surface area contributed by atoms with Gasteiger partial charge < -0.3 is 0 Å². The summed E-state index contributed by atoms with van der Waals surface area (Å²) < 4.78 is 13.2. The highest BCUT2D eigenvalue weighted by molar-refractivity contribution is 5.16. The van der Waals surface area contributed by atoms with Crippen molar-refractivity contribution in [3.8, 4) is 0 Å². The van der Waals surface area contributed by atoms with Gasteiger partial charge in [0.15, 0.2) is 0 Å². The van der Waals surface area contributed by atoms with Crippen molar-refractivity contribution in [3.63, 3.8) is 0 Å². The van der Waals surface area contributed by atoms with E-state index in [-0.39, 0.29) is 5.82 Å². The molecular formula is C30H59F. The molecule has 1 unspecified atom stereocenters. The van der Waals surface area contributed by atoms with Crippen LogP contribution in [0.4, 0.5) is 4.39 Å². The molecule has 0 bridgehead atoms. The van der Waals surface area contributed by atoms with Gasteiger partial charge in [-0.15, -0.1) is 0 Å². The molecule has 0 heterocycles. The summed E-state index contributed by atoms with van der Waals surface area (Å²) in [6.07, 6.45) is 15.0. The van der Waals surface area contributed by atoms with Crippen LogP contribution in [-0.2, 0) is 6.42 Å². The molecule has 0 spiro atoms. The molecule has 31 heavy (non-hydrogen) atoms. The molecule has 0 N–H and O–H groups in total. The van der Waals surface area contributed by atoms with Gasteiger partial charge in [0, 0.05) is 0 Å². The van der Waals surface area contributed by atoms with E-state index in [4.69, 9.17) is 0 Å². The van der Waals surface area contributed by atoms with Gasteiger partial charge in [0.2, 0.25) is 0 Å². The quantitative estimate of drug-likeness (QED) is 0.354. The number of hydrogen-bond donors (Lipinski definition) is 0. The summed E-state index contributed by atoms with van der Waals surface area (Å²) in [4.78, 5) is 0. The van der Waals surface area contributed by atoms with Crippen LogP contribution in [-0.4, -0.2) is 0 Å². The zero-order valence-electron chi connectivity index (χ0n) is 23.2. The largest absolute Gasteiger partial charge is 0.207 e. The molecule has 0 aromatic heterocycles. The van der Waals surface area contributed by atoms with Crippen LogP contribution in [0.15, 0.2) is 24.3 Å². The second kappa shape index (κ2) is 27.2. The highest BCUT2D eigenvalue weighted by Crippen LogP contribution is 2.33. The van der Waals surface area contributed by atoms with E-state index in [2.05, 4.69) is 27.7 Å². The molecule has 1 atom stereocenters. The SMILES string of the molecule is CC.CC.CC.CCC.CCC1CCC(CCCCC(C)Cc2cccc(F)c2)CC1. The molecule has 1 aromatic rings. The van der Waals surface area contributed by atoms with E-state index in [9.17, 15) is 4.39 Å². The Morgan fingerprint density at radius 2 is 1.35 bits per heavy atom. The van der Waals surface area contributed by atoms with Gasteiger partial charge in [0.05, 0.1) is 0 Å². The number of hydrogen-bond acceptors (Lipinski definition) is 0. The lowest BCUT2D eigenvalue weighted by Gasteiger charge is -2.27. The number of halogens is 1. The summed E-state index contributed by atoms with van der Waals surface area (Å²) in [5, 5.41) is 0. The number of unbranched alkanes of at least 4 members (excludes halogenated alkanes) is 1. The van der Waals surface area contributed by atoms with E-state index in [0.717, 1.165) is 23.8 Å². The zero-order chi connectivity index (χ0) is 24.5. The maximum absolute atomic E-state index is 13.2. The maximum Gasteiger partial charge on any atom is 0.123 e. The molecule has 0 amide bonds. The van der Waals surface area contributed by atoms with E-state index < -0.39 is 0 Å². The Morgan fingerprint density at radius 3 is 1.84 bits per heavy atom. The van der Waals surface area contributed by atoms with Gasteiger partial charge in [-0.1, -0.05) is 146 Å².